The Morgan fingerprint density at radius 2 is 1.70 bits per heavy atom. The minimum atomic E-state index is -0.576. The van der Waals surface area contributed by atoms with E-state index in [1.54, 1.807) is 34.1 Å². The Balaban J connectivity index is 1.65. The van der Waals surface area contributed by atoms with Crippen LogP contribution in [0.4, 0.5) is 20.6 Å². The van der Waals surface area contributed by atoms with Gasteiger partial charge in [-0.1, -0.05) is 41.4 Å². The predicted molar refractivity (Wildman–Crippen MR) is 159 cm³/mol. The van der Waals surface area contributed by atoms with E-state index in [0.29, 0.717) is 47.4 Å². The van der Waals surface area contributed by atoms with E-state index in [4.69, 9.17) is 27.9 Å². The van der Waals surface area contributed by atoms with E-state index in [1.807, 2.05) is 39.8 Å². The van der Waals surface area contributed by atoms with Gasteiger partial charge >= 0.3 is 6.09 Å². The highest BCUT2D eigenvalue weighted by molar-refractivity contribution is 6.40. The molecule has 3 aromatic carbocycles. The average Bonchev–Trinajstić information content (AvgIpc) is 2.89. The maximum atomic E-state index is 14.5. The molecule has 5 rings (SSSR count). The lowest BCUT2D eigenvalue weighted by Crippen LogP contribution is -2.39. The smallest absolute Gasteiger partial charge is 0.410 e. The fourth-order valence-corrected chi connectivity index (χ4v) is 5.85. The van der Waals surface area contributed by atoms with Crippen LogP contribution in [0.5, 0.6) is 0 Å². The van der Waals surface area contributed by atoms with Gasteiger partial charge in [0, 0.05) is 19.5 Å². The zero-order valence-corrected chi connectivity index (χ0v) is 24.5. The summed E-state index contributed by atoms with van der Waals surface area (Å²) in [6.07, 6.45) is 3.02. The van der Waals surface area contributed by atoms with Gasteiger partial charge in [-0.25, -0.2) is 9.18 Å². The largest absolute Gasteiger partial charge is 0.444 e. The lowest BCUT2D eigenvalue weighted by atomic mass is 9.85. The molecular weight excluding hydrogens is 550 g/mol. The number of anilines is 2. The molecule has 2 amide bonds. The average molecular weight is 582 g/mol. The van der Waals surface area contributed by atoms with Gasteiger partial charge in [-0.2, -0.15) is 0 Å². The van der Waals surface area contributed by atoms with Crippen LogP contribution >= 0.6 is 23.2 Å². The number of hydrogen-bond acceptors (Lipinski definition) is 3. The van der Waals surface area contributed by atoms with Crippen LogP contribution in [0.1, 0.15) is 50.3 Å². The van der Waals surface area contributed by atoms with Crippen molar-refractivity contribution in [2.24, 2.45) is 0 Å². The van der Waals surface area contributed by atoms with Gasteiger partial charge in [0.15, 0.2) is 0 Å². The Bertz CT molecular complexity index is 1520. The first-order chi connectivity index (χ1) is 18.9. The van der Waals surface area contributed by atoms with Crippen molar-refractivity contribution in [2.45, 2.75) is 52.6 Å². The third-order valence-electron chi connectivity index (χ3n) is 7.19. The van der Waals surface area contributed by atoms with Gasteiger partial charge in [-0.3, -0.25) is 9.69 Å². The molecule has 0 saturated carbocycles. The van der Waals surface area contributed by atoms with Crippen LogP contribution in [0, 0.1) is 12.7 Å². The quantitative estimate of drug-likeness (QED) is 0.311. The highest BCUT2D eigenvalue weighted by atomic mass is 35.5. The normalized spacial score (nSPS) is 15.6. The maximum Gasteiger partial charge on any atom is 0.410 e. The Morgan fingerprint density at radius 1 is 0.975 bits per heavy atom. The number of halogens is 3. The Kier molecular flexibility index (Phi) is 7.68. The van der Waals surface area contributed by atoms with Gasteiger partial charge in [0.1, 0.15) is 11.4 Å². The SMILES string of the molecule is Cc1ccc(F)cc1-c1cc(C2=CCN(C(=O)OC(C)(C)C)CC2)cc2c1CCC(=O)N2c1c(Cl)cccc1Cl. The Labute approximate surface area is 244 Å². The van der Waals surface area contributed by atoms with E-state index < -0.39 is 5.60 Å². The predicted octanol–water partition coefficient (Wildman–Crippen LogP) is 8.74. The summed E-state index contributed by atoms with van der Waals surface area (Å²) in [6, 6.07) is 14.0. The summed E-state index contributed by atoms with van der Waals surface area (Å²) < 4.78 is 20.0. The van der Waals surface area contributed by atoms with Crippen LogP contribution in [-0.4, -0.2) is 35.6 Å². The minimum Gasteiger partial charge on any atom is -0.444 e. The Morgan fingerprint density at radius 3 is 2.35 bits per heavy atom. The van der Waals surface area contributed by atoms with Gasteiger partial charge in [0.25, 0.3) is 0 Å². The molecule has 0 aromatic heterocycles. The molecule has 0 saturated heterocycles. The first-order valence-corrected chi connectivity index (χ1v) is 14.1. The van der Waals surface area contributed by atoms with Crippen LogP contribution in [-0.2, 0) is 16.0 Å². The summed E-state index contributed by atoms with van der Waals surface area (Å²) in [4.78, 5) is 29.3. The summed E-state index contributed by atoms with van der Waals surface area (Å²) >= 11 is 13.2. The second-order valence-electron chi connectivity index (χ2n) is 11.2. The van der Waals surface area contributed by atoms with Crippen molar-refractivity contribution in [3.8, 4) is 11.1 Å². The van der Waals surface area contributed by atoms with E-state index in [2.05, 4.69) is 6.07 Å². The van der Waals surface area contributed by atoms with Crippen LogP contribution in [0.2, 0.25) is 10.0 Å². The molecule has 8 heteroatoms. The first-order valence-electron chi connectivity index (χ1n) is 13.3. The summed E-state index contributed by atoms with van der Waals surface area (Å²) in [6.45, 7) is 8.37. The molecule has 0 bridgehead atoms. The van der Waals surface area contributed by atoms with Gasteiger partial charge in [0.2, 0.25) is 5.91 Å². The third kappa shape index (κ3) is 5.61. The third-order valence-corrected chi connectivity index (χ3v) is 7.80. The zero-order valence-electron chi connectivity index (χ0n) is 23.0. The number of amides is 2. The zero-order chi connectivity index (χ0) is 28.8. The molecule has 0 N–H and O–H groups in total. The van der Waals surface area contributed by atoms with Crippen molar-refractivity contribution in [2.75, 3.05) is 18.0 Å². The number of benzene rings is 3. The molecule has 0 spiro atoms. The van der Waals surface area contributed by atoms with Crippen LogP contribution < -0.4 is 4.90 Å². The number of para-hydroxylation sites is 1. The van der Waals surface area contributed by atoms with Crippen molar-refractivity contribution >= 4 is 52.2 Å². The monoisotopic (exact) mass is 580 g/mol. The van der Waals surface area contributed by atoms with Crippen LogP contribution in [0.25, 0.3) is 16.7 Å². The summed E-state index contributed by atoms with van der Waals surface area (Å²) in [7, 11) is 0. The second-order valence-corrected chi connectivity index (χ2v) is 12.0. The van der Waals surface area contributed by atoms with E-state index in [0.717, 1.165) is 33.4 Å². The number of nitrogens with zero attached hydrogens (tertiary/aromatic N) is 2. The van der Waals surface area contributed by atoms with Crippen LogP contribution in [0.3, 0.4) is 0 Å². The Hall–Kier alpha value is -3.35. The molecular formula is C32H31Cl2FN2O3. The van der Waals surface area contributed by atoms with E-state index in [1.165, 1.54) is 12.1 Å². The van der Waals surface area contributed by atoms with Gasteiger partial charge < -0.3 is 9.64 Å². The number of carbonyl (C=O) groups is 2. The molecule has 0 unspecified atom stereocenters. The molecule has 0 radical (unpaired) electrons. The highest BCUT2D eigenvalue weighted by Crippen LogP contribution is 2.46. The van der Waals surface area contributed by atoms with Gasteiger partial charge in [-0.05, 0) is 110 Å². The topological polar surface area (TPSA) is 49.9 Å². The van der Waals surface area contributed by atoms with Crippen molar-refractivity contribution in [1.82, 2.24) is 4.90 Å². The first kappa shape index (κ1) is 28.2. The molecule has 2 aliphatic rings. The molecule has 40 heavy (non-hydrogen) atoms. The molecule has 3 aromatic rings. The summed E-state index contributed by atoms with van der Waals surface area (Å²) in [5.74, 6) is -0.446. The molecule has 5 nitrogen and oxygen atoms in total. The van der Waals surface area contributed by atoms with E-state index in [9.17, 15) is 14.0 Å². The number of hydrogen-bond donors (Lipinski definition) is 0. The van der Waals surface area contributed by atoms with Crippen molar-refractivity contribution in [3.05, 3.63) is 87.2 Å². The van der Waals surface area contributed by atoms with Gasteiger partial charge in [0.05, 0.1) is 21.4 Å². The maximum absolute atomic E-state index is 14.5. The number of fused-ring (bicyclic) bond motifs is 1. The number of ether oxygens (including phenoxy) is 1. The standard InChI is InChI=1S/C32H31Cl2FN2O3/c1-19-8-9-22(35)18-24(19)25-16-21(20-12-14-36(15-13-20)31(39)40-32(2,3)4)17-28-23(25)10-11-29(38)37(28)30-26(33)6-5-7-27(30)34/h5-9,12,16-18H,10-11,13-15H2,1-4H3. The molecule has 2 heterocycles. The fourth-order valence-electron chi connectivity index (χ4n) is 5.28. The fraction of sp³-hybridized carbons (Fsp3) is 0.312. The molecule has 2 aliphatic heterocycles. The number of carbonyl (C=O) groups excluding carboxylic acids is 2. The van der Waals surface area contributed by atoms with E-state index >= 15 is 0 Å². The summed E-state index contributed by atoms with van der Waals surface area (Å²) in [5.41, 5.74) is 5.94. The lowest BCUT2D eigenvalue weighted by Gasteiger charge is -2.34. The second kappa shape index (κ2) is 10.9. The minimum absolute atomic E-state index is 0.115. The molecule has 0 aliphatic carbocycles. The number of aryl methyl sites for hydroxylation is 1. The van der Waals surface area contributed by atoms with Gasteiger partial charge in [-0.15, -0.1) is 0 Å². The summed E-state index contributed by atoms with van der Waals surface area (Å²) in [5, 5.41) is 0.736. The molecule has 208 valence electrons. The van der Waals surface area contributed by atoms with Crippen molar-refractivity contribution < 1.29 is 18.7 Å². The molecule has 0 fully saturated rings. The lowest BCUT2D eigenvalue weighted by molar-refractivity contribution is -0.118. The molecule has 0 atom stereocenters. The number of rotatable bonds is 3. The van der Waals surface area contributed by atoms with E-state index in [-0.39, 0.29) is 24.2 Å². The van der Waals surface area contributed by atoms with Crippen molar-refractivity contribution in [1.29, 1.82) is 0 Å². The highest BCUT2D eigenvalue weighted by Gasteiger charge is 2.32. The van der Waals surface area contributed by atoms with Crippen LogP contribution in [0.15, 0.2) is 54.6 Å². The van der Waals surface area contributed by atoms with Crippen molar-refractivity contribution in [3.63, 3.8) is 0 Å².